The van der Waals surface area contributed by atoms with Crippen molar-refractivity contribution < 1.29 is 36.3 Å². The molecule has 0 heterocycles. The molecule has 0 aliphatic rings. The molecule has 0 amide bonds. The van der Waals surface area contributed by atoms with Gasteiger partial charge in [-0.05, 0) is 11.1 Å². The normalized spacial score (nSPS) is 11.9. The third-order valence-electron chi connectivity index (χ3n) is 3.31. The Bertz CT molecular complexity index is 543. The molecule has 0 fully saturated rings. The first-order valence-corrected chi connectivity index (χ1v) is 6.95. The van der Waals surface area contributed by atoms with E-state index in [0.29, 0.717) is 0 Å². The van der Waals surface area contributed by atoms with Crippen molar-refractivity contribution in [1.82, 2.24) is 0 Å². The molecular formula is C18H18NiO4. The first kappa shape index (κ1) is 20.9. The van der Waals surface area contributed by atoms with Gasteiger partial charge in [-0.15, -0.1) is 0 Å². The maximum atomic E-state index is 10.4. The second-order valence-electron chi connectivity index (χ2n) is 4.90. The van der Waals surface area contributed by atoms with E-state index in [-0.39, 0.29) is 16.5 Å². The molecule has 0 spiro atoms. The van der Waals surface area contributed by atoms with Crippen LogP contribution in [-0.4, -0.2) is 11.9 Å². The Morgan fingerprint density at radius 1 is 0.696 bits per heavy atom. The van der Waals surface area contributed by atoms with E-state index in [9.17, 15) is 19.8 Å². The van der Waals surface area contributed by atoms with Crippen molar-refractivity contribution in [2.45, 2.75) is 25.7 Å². The zero-order valence-electron chi connectivity index (χ0n) is 12.9. The van der Waals surface area contributed by atoms with E-state index in [1.165, 1.54) is 0 Å². The van der Waals surface area contributed by atoms with E-state index >= 15 is 0 Å². The summed E-state index contributed by atoms with van der Waals surface area (Å²) in [4.78, 5) is 20.8. The van der Waals surface area contributed by atoms with Gasteiger partial charge < -0.3 is 19.8 Å². The summed E-state index contributed by atoms with van der Waals surface area (Å²) in [5.74, 6) is -3.10. The Hall–Kier alpha value is -2.13. The SMILES string of the molecule is CC(C(=O)[O-])c1ccccc1.CC(C(=O)[O-])c1ccccc1.[Ni+2]. The molecule has 2 atom stereocenters. The zero-order valence-corrected chi connectivity index (χ0v) is 13.9. The minimum absolute atomic E-state index is 0. The van der Waals surface area contributed by atoms with Crippen LogP contribution >= 0.6 is 0 Å². The summed E-state index contributed by atoms with van der Waals surface area (Å²) in [5, 5.41) is 20.8. The summed E-state index contributed by atoms with van der Waals surface area (Å²) in [6, 6.07) is 18.1. The molecule has 23 heavy (non-hydrogen) atoms. The molecule has 5 heteroatoms. The summed E-state index contributed by atoms with van der Waals surface area (Å²) in [6.45, 7) is 3.23. The minimum atomic E-state index is -1.03. The molecule has 0 N–H and O–H groups in total. The molecule has 2 unspecified atom stereocenters. The summed E-state index contributed by atoms with van der Waals surface area (Å²) in [6.07, 6.45) is 0. The Balaban J connectivity index is 0.000000403. The second-order valence-corrected chi connectivity index (χ2v) is 4.90. The van der Waals surface area contributed by atoms with E-state index in [1.54, 1.807) is 38.1 Å². The summed E-state index contributed by atoms with van der Waals surface area (Å²) >= 11 is 0. The number of rotatable bonds is 4. The monoisotopic (exact) mass is 356 g/mol. The average Bonchev–Trinajstić information content (AvgIpc) is 2.55. The summed E-state index contributed by atoms with van der Waals surface area (Å²) in [7, 11) is 0. The number of carboxylic acid groups (broad SMARTS) is 2. The fourth-order valence-corrected chi connectivity index (χ4v) is 1.76. The van der Waals surface area contributed by atoms with Crippen molar-refractivity contribution in [2.24, 2.45) is 0 Å². The predicted octanol–water partition coefficient (Wildman–Crippen LogP) is 1.08. The Kier molecular flexibility index (Phi) is 9.60. The van der Waals surface area contributed by atoms with Crippen LogP contribution in [0.15, 0.2) is 60.7 Å². The molecule has 0 aliphatic carbocycles. The van der Waals surface area contributed by atoms with Gasteiger partial charge in [0.25, 0.3) is 0 Å². The molecule has 124 valence electrons. The molecule has 0 bridgehead atoms. The molecule has 2 aromatic rings. The predicted molar refractivity (Wildman–Crippen MR) is 79.7 cm³/mol. The van der Waals surface area contributed by atoms with Crippen molar-refractivity contribution in [3.8, 4) is 0 Å². The van der Waals surface area contributed by atoms with Crippen molar-refractivity contribution in [3.05, 3.63) is 71.8 Å². The molecular weight excluding hydrogens is 339 g/mol. The largest absolute Gasteiger partial charge is 2.00 e. The molecule has 0 saturated carbocycles. The van der Waals surface area contributed by atoms with Gasteiger partial charge in [0, 0.05) is 23.8 Å². The van der Waals surface area contributed by atoms with Crippen molar-refractivity contribution in [3.63, 3.8) is 0 Å². The van der Waals surface area contributed by atoms with Gasteiger partial charge in [0.05, 0.1) is 0 Å². The topological polar surface area (TPSA) is 80.3 Å². The molecule has 0 aromatic heterocycles. The van der Waals surface area contributed by atoms with E-state index in [1.807, 2.05) is 36.4 Å². The third-order valence-corrected chi connectivity index (χ3v) is 3.31. The summed E-state index contributed by atoms with van der Waals surface area (Å²) in [5.41, 5.74) is 1.57. The van der Waals surface area contributed by atoms with Gasteiger partial charge in [0.15, 0.2) is 0 Å². The van der Waals surface area contributed by atoms with Gasteiger partial charge in [0.2, 0.25) is 0 Å². The van der Waals surface area contributed by atoms with Crippen LogP contribution in [0.5, 0.6) is 0 Å². The second kappa shape index (κ2) is 10.6. The van der Waals surface area contributed by atoms with E-state index in [0.717, 1.165) is 11.1 Å². The van der Waals surface area contributed by atoms with Crippen molar-refractivity contribution in [2.75, 3.05) is 0 Å². The first-order valence-electron chi connectivity index (χ1n) is 6.95. The van der Waals surface area contributed by atoms with E-state index in [2.05, 4.69) is 0 Å². The van der Waals surface area contributed by atoms with Gasteiger partial charge in [0.1, 0.15) is 0 Å². The van der Waals surface area contributed by atoms with Crippen LogP contribution in [0.2, 0.25) is 0 Å². The molecule has 0 aliphatic heterocycles. The fraction of sp³-hybridized carbons (Fsp3) is 0.222. The van der Waals surface area contributed by atoms with Crippen LogP contribution in [-0.2, 0) is 26.1 Å². The molecule has 4 nitrogen and oxygen atoms in total. The van der Waals surface area contributed by atoms with Gasteiger partial charge in [-0.2, -0.15) is 0 Å². The third kappa shape index (κ3) is 7.11. The smallest absolute Gasteiger partial charge is 0.550 e. The number of carbonyl (C=O) groups excluding carboxylic acids is 2. The van der Waals surface area contributed by atoms with Crippen molar-refractivity contribution >= 4 is 11.9 Å². The number of hydrogen-bond acceptors (Lipinski definition) is 4. The van der Waals surface area contributed by atoms with Gasteiger partial charge in [-0.25, -0.2) is 0 Å². The maximum absolute atomic E-state index is 10.4. The quantitative estimate of drug-likeness (QED) is 0.767. The number of carboxylic acids is 2. The van der Waals surface area contributed by atoms with Crippen LogP contribution in [0, 0.1) is 0 Å². The Labute approximate surface area is 146 Å². The van der Waals surface area contributed by atoms with Crippen LogP contribution in [0.1, 0.15) is 36.8 Å². The number of hydrogen-bond donors (Lipinski definition) is 0. The van der Waals surface area contributed by atoms with Crippen LogP contribution in [0.3, 0.4) is 0 Å². The van der Waals surface area contributed by atoms with Crippen LogP contribution < -0.4 is 10.2 Å². The zero-order chi connectivity index (χ0) is 16.5. The molecule has 2 aromatic carbocycles. The van der Waals surface area contributed by atoms with Gasteiger partial charge in [-0.1, -0.05) is 74.5 Å². The molecule has 0 saturated heterocycles. The van der Waals surface area contributed by atoms with Crippen LogP contribution in [0.4, 0.5) is 0 Å². The standard InChI is InChI=1S/2C9H10O2.Ni/c2*1-7(9(10)11)8-5-3-2-4-6-8;/h2*2-7H,1H3,(H,10,11);/q;;+2/p-2. The number of aliphatic carboxylic acids is 2. The molecule has 0 radical (unpaired) electrons. The minimum Gasteiger partial charge on any atom is -0.550 e. The Morgan fingerprint density at radius 3 is 1.17 bits per heavy atom. The molecule has 2 rings (SSSR count). The van der Waals surface area contributed by atoms with Crippen molar-refractivity contribution in [1.29, 1.82) is 0 Å². The van der Waals surface area contributed by atoms with Gasteiger partial charge in [-0.3, -0.25) is 0 Å². The maximum Gasteiger partial charge on any atom is 2.00 e. The number of carbonyl (C=O) groups is 2. The number of benzene rings is 2. The van der Waals surface area contributed by atoms with Crippen LogP contribution in [0.25, 0.3) is 0 Å². The Morgan fingerprint density at radius 2 is 0.957 bits per heavy atom. The van der Waals surface area contributed by atoms with E-state index < -0.39 is 23.8 Å². The fourth-order valence-electron chi connectivity index (χ4n) is 1.76. The van der Waals surface area contributed by atoms with E-state index in [4.69, 9.17) is 0 Å². The van der Waals surface area contributed by atoms with Gasteiger partial charge >= 0.3 is 16.5 Å². The summed E-state index contributed by atoms with van der Waals surface area (Å²) < 4.78 is 0. The average molecular weight is 357 g/mol. The first-order chi connectivity index (χ1) is 10.4.